The molecule has 1 heterocycles. The zero-order chi connectivity index (χ0) is 21.0. The van der Waals surface area contributed by atoms with Crippen molar-refractivity contribution in [2.45, 2.75) is 33.2 Å². The van der Waals surface area contributed by atoms with Crippen molar-refractivity contribution >= 4 is 23.3 Å². The Kier molecular flexibility index (Phi) is 6.16. The molecule has 152 valence electrons. The predicted molar refractivity (Wildman–Crippen MR) is 108 cm³/mol. The number of fused-ring (bicyclic) bond motifs is 1. The maximum atomic E-state index is 12.9. The molecule has 2 amide bonds. The van der Waals surface area contributed by atoms with E-state index in [0.717, 1.165) is 5.56 Å². The second-order valence-electron chi connectivity index (χ2n) is 7.25. The Morgan fingerprint density at radius 2 is 1.69 bits per heavy atom. The van der Waals surface area contributed by atoms with E-state index in [-0.39, 0.29) is 30.8 Å². The lowest BCUT2D eigenvalue weighted by molar-refractivity contribution is -0.127. The molecule has 0 radical (unpaired) electrons. The fourth-order valence-electron chi connectivity index (χ4n) is 3.09. The topological polar surface area (TPSA) is 93.7 Å². The van der Waals surface area contributed by atoms with Gasteiger partial charge in [-0.05, 0) is 24.5 Å². The second-order valence-corrected chi connectivity index (χ2v) is 7.25. The number of hydrogen-bond acceptors (Lipinski definition) is 5. The largest absolute Gasteiger partial charge is 0.454 e. The van der Waals surface area contributed by atoms with Gasteiger partial charge in [-0.2, -0.15) is 0 Å². The van der Waals surface area contributed by atoms with Gasteiger partial charge in [-0.3, -0.25) is 14.4 Å². The van der Waals surface area contributed by atoms with E-state index in [4.69, 9.17) is 9.47 Å². The Labute approximate surface area is 169 Å². The number of benzene rings is 2. The third-order valence-corrected chi connectivity index (χ3v) is 4.62. The number of nitrogens with one attached hydrogen (secondary N) is 2. The summed E-state index contributed by atoms with van der Waals surface area (Å²) in [5, 5.41) is 5.56. The van der Waals surface area contributed by atoms with Gasteiger partial charge in [0.05, 0.1) is 12.1 Å². The van der Waals surface area contributed by atoms with Crippen molar-refractivity contribution in [3.05, 3.63) is 53.6 Å². The zero-order valence-electron chi connectivity index (χ0n) is 16.7. The average molecular weight is 396 g/mol. The number of ether oxygens (including phenoxy) is 2. The maximum Gasteiger partial charge on any atom is 0.247 e. The van der Waals surface area contributed by atoms with Gasteiger partial charge in [-0.15, -0.1) is 0 Å². The molecule has 2 N–H and O–H groups in total. The van der Waals surface area contributed by atoms with Crippen LogP contribution in [0.1, 0.15) is 36.7 Å². The van der Waals surface area contributed by atoms with Crippen molar-refractivity contribution in [2.24, 2.45) is 5.92 Å². The lowest BCUT2D eigenvalue weighted by atomic mass is 10.0. The molecular formula is C22H24N2O5. The van der Waals surface area contributed by atoms with Crippen molar-refractivity contribution in [1.29, 1.82) is 0 Å². The standard InChI is InChI=1S/C22H24N2O5/c1-13(2)21(24-20(26)9-15-7-5-4-6-8-15)22(27)23-17-11-19-18(28-12-29-19)10-16(17)14(3)25/h4-8,10-11,13,21H,9,12H2,1-3H3,(H,23,27)(H,24,26)/t21-/m1/s1. The van der Waals surface area contributed by atoms with E-state index >= 15 is 0 Å². The molecule has 0 saturated carbocycles. The van der Waals surface area contributed by atoms with Crippen LogP contribution >= 0.6 is 0 Å². The van der Waals surface area contributed by atoms with Crippen LogP contribution in [0, 0.1) is 5.92 Å². The summed E-state index contributed by atoms with van der Waals surface area (Å²) in [6.45, 7) is 5.17. The highest BCUT2D eigenvalue weighted by Crippen LogP contribution is 2.37. The Hall–Kier alpha value is -3.35. The van der Waals surface area contributed by atoms with Crippen molar-refractivity contribution in [3.8, 4) is 11.5 Å². The van der Waals surface area contributed by atoms with Crippen LogP contribution in [0.3, 0.4) is 0 Å². The Morgan fingerprint density at radius 1 is 1.03 bits per heavy atom. The molecule has 1 aliphatic rings. The Morgan fingerprint density at radius 3 is 2.31 bits per heavy atom. The number of Topliss-reactive ketones (excluding diaryl/α,β-unsaturated/α-hetero) is 1. The van der Waals surface area contributed by atoms with Gasteiger partial charge >= 0.3 is 0 Å². The number of amides is 2. The fraction of sp³-hybridized carbons (Fsp3) is 0.318. The third-order valence-electron chi connectivity index (χ3n) is 4.62. The molecule has 0 spiro atoms. The number of carbonyl (C=O) groups excluding carboxylic acids is 3. The number of ketones is 1. The van der Waals surface area contributed by atoms with E-state index in [1.54, 1.807) is 12.1 Å². The summed E-state index contributed by atoms with van der Waals surface area (Å²) in [4.78, 5) is 37.4. The molecule has 0 bridgehead atoms. The van der Waals surface area contributed by atoms with Crippen LogP contribution in [0.5, 0.6) is 11.5 Å². The molecule has 7 nitrogen and oxygen atoms in total. The van der Waals surface area contributed by atoms with Crippen LogP contribution in [0.15, 0.2) is 42.5 Å². The SMILES string of the molecule is CC(=O)c1cc2c(cc1NC(=O)[C@H](NC(=O)Cc1ccccc1)C(C)C)OCO2. The summed E-state index contributed by atoms with van der Waals surface area (Å²) in [6, 6.07) is 11.7. The molecule has 0 fully saturated rings. The van der Waals surface area contributed by atoms with Gasteiger partial charge in [0.15, 0.2) is 17.3 Å². The smallest absolute Gasteiger partial charge is 0.247 e. The summed E-state index contributed by atoms with van der Waals surface area (Å²) in [6.07, 6.45) is 0.181. The lowest BCUT2D eigenvalue weighted by Gasteiger charge is -2.22. The van der Waals surface area contributed by atoms with E-state index in [1.165, 1.54) is 6.92 Å². The zero-order valence-corrected chi connectivity index (χ0v) is 16.7. The molecule has 3 rings (SSSR count). The molecule has 0 unspecified atom stereocenters. The Bertz CT molecular complexity index is 924. The molecule has 1 atom stereocenters. The summed E-state index contributed by atoms with van der Waals surface area (Å²) in [5.41, 5.74) is 1.51. The Balaban J connectivity index is 1.75. The number of carbonyl (C=O) groups is 3. The molecule has 0 aliphatic carbocycles. The lowest BCUT2D eigenvalue weighted by Crippen LogP contribution is -2.47. The van der Waals surface area contributed by atoms with E-state index in [9.17, 15) is 14.4 Å². The summed E-state index contributed by atoms with van der Waals surface area (Å²) >= 11 is 0. The highest BCUT2D eigenvalue weighted by atomic mass is 16.7. The van der Waals surface area contributed by atoms with Gasteiger partial charge in [-0.25, -0.2) is 0 Å². The van der Waals surface area contributed by atoms with Gasteiger partial charge in [0, 0.05) is 11.6 Å². The van der Waals surface area contributed by atoms with Gasteiger partial charge < -0.3 is 20.1 Å². The summed E-state index contributed by atoms with van der Waals surface area (Å²) in [5.74, 6) is -0.0908. The van der Waals surface area contributed by atoms with Crippen molar-refractivity contribution in [3.63, 3.8) is 0 Å². The maximum absolute atomic E-state index is 12.9. The van der Waals surface area contributed by atoms with Gasteiger partial charge in [0.2, 0.25) is 18.6 Å². The first-order valence-corrected chi connectivity index (χ1v) is 9.44. The quantitative estimate of drug-likeness (QED) is 0.702. The van der Waals surface area contributed by atoms with E-state index in [2.05, 4.69) is 10.6 Å². The summed E-state index contributed by atoms with van der Waals surface area (Å²) < 4.78 is 10.6. The summed E-state index contributed by atoms with van der Waals surface area (Å²) in [7, 11) is 0. The van der Waals surface area contributed by atoms with Crippen molar-refractivity contribution in [1.82, 2.24) is 5.32 Å². The van der Waals surface area contributed by atoms with E-state index in [1.807, 2.05) is 44.2 Å². The third kappa shape index (κ3) is 4.93. The second kappa shape index (κ2) is 8.77. The van der Waals surface area contributed by atoms with Crippen LogP contribution in [-0.2, 0) is 16.0 Å². The van der Waals surface area contributed by atoms with Crippen LogP contribution in [0.4, 0.5) is 5.69 Å². The highest BCUT2D eigenvalue weighted by molar-refractivity contribution is 6.06. The molecule has 29 heavy (non-hydrogen) atoms. The molecule has 0 saturated heterocycles. The van der Waals surface area contributed by atoms with Gasteiger partial charge in [0.25, 0.3) is 0 Å². The predicted octanol–water partition coefficient (Wildman–Crippen LogP) is 2.94. The van der Waals surface area contributed by atoms with Crippen LogP contribution < -0.4 is 20.1 Å². The van der Waals surface area contributed by atoms with Crippen LogP contribution in [-0.4, -0.2) is 30.4 Å². The van der Waals surface area contributed by atoms with Crippen molar-refractivity contribution < 1.29 is 23.9 Å². The van der Waals surface area contributed by atoms with Crippen LogP contribution in [0.25, 0.3) is 0 Å². The number of anilines is 1. The first kappa shape index (κ1) is 20.4. The highest BCUT2D eigenvalue weighted by Gasteiger charge is 2.27. The first-order valence-electron chi connectivity index (χ1n) is 9.44. The first-order chi connectivity index (χ1) is 13.8. The number of rotatable bonds is 7. The minimum atomic E-state index is -0.753. The fourth-order valence-corrected chi connectivity index (χ4v) is 3.09. The van der Waals surface area contributed by atoms with Crippen molar-refractivity contribution in [2.75, 3.05) is 12.1 Å². The molecule has 0 aromatic heterocycles. The number of hydrogen-bond donors (Lipinski definition) is 2. The molecule has 2 aromatic carbocycles. The minimum absolute atomic E-state index is 0.0637. The molecular weight excluding hydrogens is 372 g/mol. The van der Waals surface area contributed by atoms with Gasteiger partial charge in [0.1, 0.15) is 6.04 Å². The van der Waals surface area contributed by atoms with Crippen LogP contribution in [0.2, 0.25) is 0 Å². The molecule has 2 aromatic rings. The van der Waals surface area contributed by atoms with Gasteiger partial charge in [-0.1, -0.05) is 44.2 Å². The average Bonchev–Trinajstić information content (AvgIpc) is 3.13. The normalized spacial score (nSPS) is 13.1. The van der Waals surface area contributed by atoms with E-state index < -0.39 is 11.9 Å². The molecule has 1 aliphatic heterocycles. The monoisotopic (exact) mass is 396 g/mol. The van der Waals surface area contributed by atoms with E-state index in [0.29, 0.717) is 22.7 Å². The minimum Gasteiger partial charge on any atom is -0.454 e. The molecule has 7 heteroatoms.